The Morgan fingerprint density at radius 3 is 2.19 bits per heavy atom. The fourth-order valence-electron chi connectivity index (χ4n) is 4.85. The molecule has 0 bridgehead atoms. The minimum atomic E-state index is -4.60. The van der Waals surface area contributed by atoms with Crippen molar-refractivity contribution in [2.24, 2.45) is 0 Å². The van der Waals surface area contributed by atoms with E-state index in [1.54, 1.807) is 91.9 Å². The van der Waals surface area contributed by atoms with E-state index in [-0.39, 0.29) is 16.4 Å². The van der Waals surface area contributed by atoms with Gasteiger partial charge in [-0.05, 0) is 84.3 Å². The molecular formula is C40H33ClF3N3O4S. The van der Waals surface area contributed by atoms with Crippen LogP contribution in [0.15, 0.2) is 138 Å². The van der Waals surface area contributed by atoms with Crippen LogP contribution in [0.2, 0.25) is 5.02 Å². The molecule has 52 heavy (non-hydrogen) atoms. The summed E-state index contributed by atoms with van der Waals surface area (Å²) in [6.45, 7) is 2.16. The number of carbonyl (C=O) groups excluding carboxylic acids is 3. The Labute approximate surface area is 308 Å². The summed E-state index contributed by atoms with van der Waals surface area (Å²) < 4.78 is 45.6. The molecule has 0 radical (unpaired) electrons. The van der Waals surface area contributed by atoms with Gasteiger partial charge in [-0.2, -0.15) is 13.2 Å². The van der Waals surface area contributed by atoms with E-state index in [2.05, 4.69) is 16.0 Å². The Balaban J connectivity index is 1.30. The number of nitrogens with one attached hydrogen (secondary N) is 3. The molecule has 266 valence electrons. The zero-order valence-corrected chi connectivity index (χ0v) is 29.3. The van der Waals surface area contributed by atoms with Crippen LogP contribution >= 0.6 is 23.4 Å². The van der Waals surface area contributed by atoms with Crippen molar-refractivity contribution in [1.29, 1.82) is 0 Å². The molecule has 1 atom stereocenters. The summed E-state index contributed by atoms with van der Waals surface area (Å²) in [5.41, 5.74) is 1.30. The smallest absolute Gasteiger partial charge is 0.416 e. The Kier molecular flexibility index (Phi) is 12.8. The van der Waals surface area contributed by atoms with Gasteiger partial charge < -0.3 is 20.7 Å². The van der Waals surface area contributed by atoms with Gasteiger partial charge in [-0.1, -0.05) is 85.3 Å². The fraction of sp³-hybridized carbons (Fsp3) is 0.125. The number of thioether (sulfide) groups is 1. The molecule has 5 aromatic carbocycles. The number of ether oxygens (including phenoxy) is 1. The molecule has 3 amide bonds. The highest BCUT2D eigenvalue weighted by Gasteiger charge is 2.31. The van der Waals surface area contributed by atoms with E-state index in [1.165, 1.54) is 11.8 Å². The Morgan fingerprint density at radius 2 is 1.52 bits per heavy atom. The first-order chi connectivity index (χ1) is 25.0. The van der Waals surface area contributed by atoms with Crippen molar-refractivity contribution < 1.29 is 32.3 Å². The average Bonchev–Trinajstić information content (AvgIpc) is 3.14. The standard InChI is InChI=1S/C40H33ClF3N3O4S/c1-2-36(39(50)46-34-23-29(40(42,43)44)18-21-33(34)41)52-32-15-9-14-30(24-32)45-38(49)35(47-37(48)28-12-7-4-8-13-28)22-26-16-19-31(20-17-26)51-25-27-10-5-3-6-11-27/h3-24,36H,2,25H2,1H3,(H,45,49)(H,46,50)(H,47,48)/b35-22+. The van der Waals surface area contributed by atoms with Crippen molar-refractivity contribution in [1.82, 2.24) is 5.32 Å². The number of hydrogen-bond acceptors (Lipinski definition) is 5. The predicted octanol–water partition coefficient (Wildman–Crippen LogP) is 9.86. The molecule has 12 heteroatoms. The van der Waals surface area contributed by atoms with Crippen molar-refractivity contribution in [3.05, 3.63) is 160 Å². The molecule has 0 saturated carbocycles. The summed E-state index contributed by atoms with van der Waals surface area (Å²) >= 11 is 7.26. The summed E-state index contributed by atoms with van der Waals surface area (Å²) in [4.78, 5) is 40.5. The fourth-order valence-corrected chi connectivity index (χ4v) is 6.03. The van der Waals surface area contributed by atoms with Crippen LogP contribution < -0.4 is 20.7 Å². The first kappa shape index (κ1) is 37.7. The van der Waals surface area contributed by atoms with Gasteiger partial charge in [0.1, 0.15) is 18.1 Å². The molecule has 0 spiro atoms. The van der Waals surface area contributed by atoms with Gasteiger partial charge in [0, 0.05) is 16.1 Å². The summed E-state index contributed by atoms with van der Waals surface area (Å²) in [6, 6.07) is 34.7. The maximum absolute atomic E-state index is 13.7. The molecule has 1 unspecified atom stereocenters. The van der Waals surface area contributed by atoms with Crippen LogP contribution in [-0.4, -0.2) is 23.0 Å². The van der Waals surface area contributed by atoms with E-state index in [0.29, 0.717) is 40.5 Å². The second kappa shape index (κ2) is 17.6. The number of anilines is 2. The van der Waals surface area contributed by atoms with Gasteiger partial charge in [-0.15, -0.1) is 11.8 Å². The van der Waals surface area contributed by atoms with E-state index >= 15 is 0 Å². The summed E-state index contributed by atoms with van der Waals surface area (Å²) in [5.74, 6) is -0.980. The van der Waals surface area contributed by atoms with Crippen molar-refractivity contribution >= 4 is 58.5 Å². The highest BCUT2D eigenvalue weighted by atomic mass is 35.5. The Morgan fingerprint density at radius 1 is 0.827 bits per heavy atom. The van der Waals surface area contributed by atoms with Crippen LogP contribution in [0.5, 0.6) is 5.75 Å². The van der Waals surface area contributed by atoms with Crippen LogP contribution in [0.3, 0.4) is 0 Å². The molecular weight excluding hydrogens is 711 g/mol. The van der Waals surface area contributed by atoms with Crippen molar-refractivity contribution in [2.45, 2.75) is 36.3 Å². The average molecular weight is 744 g/mol. The monoisotopic (exact) mass is 743 g/mol. The van der Waals surface area contributed by atoms with E-state index in [1.807, 2.05) is 30.3 Å². The maximum atomic E-state index is 13.7. The molecule has 0 aromatic heterocycles. The third-order valence-electron chi connectivity index (χ3n) is 7.55. The minimum absolute atomic E-state index is 0.0198. The highest BCUT2D eigenvalue weighted by molar-refractivity contribution is 8.00. The van der Waals surface area contributed by atoms with E-state index in [0.717, 1.165) is 23.8 Å². The minimum Gasteiger partial charge on any atom is -0.489 e. The zero-order chi connectivity index (χ0) is 37.1. The number of rotatable bonds is 13. The number of alkyl halides is 3. The van der Waals surface area contributed by atoms with Crippen LogP contribution in [0.4, 0.5) is 24.5 Å². The zero-order valence-electron chi connectivity index (χ0n) is 27.7. The SMILES string of the molecule is CCC(Sc1cccc(NC(=O)/C(=C\c2ccc(OCc3ccccc3)cc2)NC(=O)c2ccccc2)c1)C(=O)Nc1cc(C(F)(F)F)ccc1Cl. The number of hydrogen-bond donors (Lipinski definition) is 3. The summed E-state index contributed by atoms with van der Waals surface area (Å²) in [6.07, 6.45) is -2.71. The molecule has 0 heterocycles. The lowest BCUT2D eigenvalue weighted by Crippen LogP contribution is -2.30. The van der Waals surface area contributed by atoms with E-state index in [4.69, 9.17) is 16.3 Å². The lowest BCUT2D eigenvalue weighted by atomic mass is 10.1. The normalized spacial score (nSPS) is 12.1. The quantitative estimate of drug-likeness (QED) is 0.0825. The Bertz CT molecular complexity index is 2040. The van der Waals surface area contributed by atoms with Crippen LogP contribution in [0.1, 0.15) is 40.4 Å². The third-order valence-corrected chi connectivity index (χ3v) is 9.24. The Hall–Kier alpha value is -5.52. The molecule has 5 aromatic rings. The predicted molar refractivity (Wildman–Crippen MR) is 199 cm³/mol. The lowest BCUT2D eigenvalue weighted by molar-refractivity contribution is -0.137. The molecule has 0 saturated heterocycles. The molecule has 0 aliphatic rings. The molecule has 5 rings (SSSR count). The van der Waals surface area contributed by atoms with Gasteiger partial charge in [-0.3, -0.25) is 14.4 Å². The van der Waals surface area contributed by atoms with E-state index in [9.17, 15) is 27.6 Å². The summed E-state index contributed by atoms with van der Waals surface area (Å²) in [7, 11) is 0. The molecule has 0 aliphatic heterocycles. The van der Waals surface area contributed by atoms with Crippen molar-refractivity contribution in [2.75, 3.05) is 10.6 Å². The lowest BCUT2D eigenvalue weighted by Gasteiger charge is -2.17. The number of carbonyl (C=O) groups is 3. The second-order valence-electron chi connectivity index (χ2n) is 11.4. The molecule has 3 N–H and O–H groups in total. The third kappa shape index (κ3) is 10.7. The molecule has 0 fully saturated rings. The van der Waals surface area contributed by atoms with Crippen LogP contribution in [0, 0.1) is 0 Å². The first-order valence-corrected chi connectivity index (χ1v) is 17.3. The molecule has 7 nitrogen and oxygen atoms in total. The van der Waals surface area contributed by atoms with Gasteiger partial charge in [0.25, 0.3) is 11.8 Å². The van der Waals surface area contributed by atoms with Crippen molar-refractivity contribution in [3.63, 3.8) is 0 Å². The maximum Gasteiger partial charge on any atom is 0.416 e. The first-order valence-electron chi connectivity index (χ1n) is 16.1. The molecule has 0 aliphatic carbocycles. The van der Waals surface area contributed by atoms with Crippen LogP contribution in [0.25, 0.3) is 6.08 Å². The number of benzene rings is 5. The largest absolute Gasteiger partial charge is 0.489 e. The topological polar surface area (TPSA) is 96.5 Å². The van der Waals surface area contributed by atoms with Crippen molar-refractivity contribution in [3.8, 4) is 5.75 Å². The highest BCUT2D eigenvalue weighted by Crippen LogP contribution is 2.35. The van der Waals surface area contributed by atoms with Gasteiger partial charge >= 0.3 is 6.18 Å². The number of amides is 3. The van der Waals surface area contributed by atoms with Gasteiger partial charge in [0.05, 0.1) is 21.5 Å². The second-order valence-corrected chi connectivity index (χ2v) is 13.1. The van der Waals surface area contributed by atoms with Gasteiger partial charge in [-0.25, -0.2) is 0 Å². The summed E-state index contributed by atoms with van der Waals surface area (Å²) in [5, 5.41) is 7.32. The number of halogens is 4. The van der Waals surface area contributed by atoms with Gasteiger partial charge in [0.2, 0.25) is 5.91 Å². The van der Waals surface area contributed by atoms with Gasteiger partial charge in [0.15, 0.2) is 0 Å². The van der Waals surface area contributed by atoms with Crippen LogP contribution in [-0.2, 0) is 22.4 Å². The van der Waals surface area contributed by atoms with E-state index < -0.39 is 34.7 Å².